The number of methoxy groups -OCH3 is 1. The molecule has 0 aromatic carbocycles. The second-order valence-electron chi connectivity index (χ2n) is 4.97. The van der Waals surface area contributed by atoms with Gasteiger partial charge in [-0.15, -0.1) is 0 Å². The third kappa shape index (κ3) is 6.72. The molecule has 20 heavy (non-hydrogen) atoms. The molecule has 7 heteroatoms. The zero-order chi connectivity index (χ0) is 14.8. The second-order valence-corrected chi connectivity index (χ2v) is 4.97. The largest absolute Gasteiger partial charge is 0.480 e. The van der Waals surface area contributed by atoms with Crippen LogP contribution in [0, 0.1) is 0 Å². The highest BCUT2D eigenvalue weighted by Gasteiger charge is 2.19. The summed E-state index contributed by atoms with van der Waals surface area (Å²) < 4.78 is 4.82. The number of nitrogens with zero attached hydrogens (tertiary/aromatic N) is 1. The van der Waals surface area contributed by atoms with Gasteiger partial charge in [-0.1, -0.05) is 6.42 Å². The Kier molecular flexibility index (Phi) is 7.98. The van der Waals surface area contributed by atoms with Gasteiger partial charge >= 0.3 is 12.0 Å². The summed E-state index contributed by atoms with van der Waals surface area (Å²) in [6, 6.07) is -1.35. The number of hydrogen-bond donors (Lipinski definition) is 3. The minimum absolute atomic E-state index is 0.255. The molecule has 1 fully saturated rings. The summed E-state index contributed by atoms with van der Waals surface area (Å²) in [7, 11) is 1.50. The molecule has 0 saturated carbocycles. The zero-order valence-corrected chi connectivity index (χ0v) is 12.1. The molecule has 2 amide bonds. The molecule has 1 rings (SSSR count). The number of nitrogens with one attached hydrogen (secondary N) is 2. The van der Waals surface area contributed by atoms with Crippen LogP contribution in [0.1, 0.15) is 25.7 Å². The van der Waals surface area contributed by atoms with E-state index in [1.54, 1.807) is 0 Å². The number of amides is 2. The monoisotopic (exact) mass is 287 g/mol. The van der Waals surface area contributed by atoms with Crippen molar-refractivity contribution in [2.24, 2.45) is 0 Å². The lowest BCUT2D eigenvalue weighted by Crippen LogP contribution is -2.48. The van der Waals surface area contributed by atoms with Crippen molar-refractivity contribution in [2.75, 3.05) is 39.9 Å². The van der Waals surface area contributed by atoms with Crippen LogP contribution >= 0.6 is 0 Å². The quantitative estimate of drug-likeness (QED) is 0.596. The van der Waals surface area contributed by atoms with Crippen molar-refractivity contribution >= 4 is 12.0 Å². The lowest BCUT2D eigenvalue weighted by molar-refractivity contribution is -0.139. The summed E-state index contributed by atoms with van der Waals surface area (Å²) in [5.74, 6) is -1.05. The molecule has 1 heterocycles. The van der Waals surface area contributed by atoms with E-state index >= 15 is 0 Å². The van der Waals surface area contributed by atoms with Gasteiger partial charge in [0.2, 0.25) is 0 Å². The number of aliphatic carboxylic acids is 1. The number of carboxylic acid groups (broad SMARTS) is 1. The van der Waals surface area contributed by atoms with Crippen LogP contribution in [0.25, 0.3) is 0 Å². The number of carboxylic acids is 1. The van der Waals surface area contributed by atoms with Gasteiger partial charge in [0.25, 0.3) is 0 Å². The lowest BCUT2D eigenvalue weighted by Gasteiger charge is -2.26. The molecule has 0 aliphatic carbocycles. The topological polar surface area (TPSA) is 90.9 Å². The number of carbonyl (C=O) groups is 2. The summed E-state index contributed by atoms with van der Waals surface area (Å²) in [5, 5.41) is 14.1. The van der Waals surface area contributed by atoms with Crippen LogP contribution < -0.4 is 10.6 Å². The van der Waals surface area contributed by atoms with Gasteiger partial charge in [-0.3, -0.25) is 0 Å². The van der Waals surface area contributed by atoms with Crippen LogP contribution in [-0.2, 0) is 9.53 Å². The van der Waals surface area contributed by atoms with Crippen molar-refractivity contribution in [3.05, 3.63) is 0 Å². The van der Waals surface area contributed by atoms with Crippen molar-refractivity contribution in [2.45, 2.75) is 31.7 Å². The number of urea groups is 1. The molecule has 7 nitrogen and oxygen atoms in total. The van der Waals surface area contributed by atoms with E-state index in [0.29, 0.717) is 13.2 Å². The number of carbonyl (C=O) groups excluding carboxylic acids is 1. The normalized spacial score (nSPS) is 17.4. The van der Waals surface area contributed by atoms with Crippen LogP contribution in [-0.4, -0.2) is 67.9 Å². The van der Waals surface area contributed by atoms with Gasteiger partial charge in [-0.05, 0) is 25.9 Å². The Balaban J connectivity index is 2.18. The Labute approximate surface area is 119 Å². The number of rotatable bonds is 8. The number of ether oxygens (including phenoxy) is 1. The second kappa shape index (κ2) is 9.55. The van der Waals surface area contributed by atoms with Crippen LogP contribution in [0.4, 0.5) is 4.79 Å². The third-order valence-electron chi connectivity index (χ3n) is 3.38. The summed E-state index contributed by atoms with van der Waals surface area (Å²) in [6.07, 6.45) is 3.96. The Morgan fingerprint density at radius 1 is 1.30 bits per heavy atom. The minimum Gasteiger partial charge on any atom is -0.480 e. The van der Waals surface area contributed by atoms with E-state index in [2.05, 4.69) is 15.5 Å². The summed E-state index contributed by atoms with van der Waals surface area (Å²) in [5.41, 5.74) is 0. The van der Waals surface area contributed by atoms with Crippen LogP contribution in [0.3, 0.4) is 0 Å². The summed E-state index contributed by atoms with van der Waals surface area (Å²) in [6.45, 7) is 3.79. The molecule has 1 aliphatic heterocycles. The highest BCUT2D eigenvalue weighted by Crippen LogP contribution is 2.07. The van der Waals surface area contributed by atoms with Crippen LogP contribution in [0.5, 0.6) is 0 Å². The zero-order valence-electron chi connectivity index (χ0n) is 12.1. The van der Waals surface area contributed by atoms with Gasteiger partial charge in [0.15, 0.2) is 0 Å². The fourth-order valence-corrected chi connectivity index (χ4v) is 2.21. The molecule has 1 unspecified atom stereocenters. The van der Waals surface area contributed by atoms with E-state index in [1.807, 2.05) is 0 Å². The molecule has 0 radical (unpaired) electrons. The van der Waals surface area contributed by atoms with Crippen molar-refractivity contribution in [3.63, 3.8) is 0 Å². The van der Waals surface area contributed by atoms with E-state index in [9.17, 15) is 9.59 Å². The molecule has 3 N–H and O–H groups in total. The molecular weight excluding hydrogens is 262 g/mol. The lowest BCUT2D eigenvalue weighted by atomic mass is 10.1. The van der Waals surface area contributed by atoms with Crippen molar-refractivity contribution < 1.29 is 19.4 Å². The highest BCUT2D eigenvalue weighted by atomic mass is 16.5. The van der Waals surface area contributed by atoms with Gasteiger partial charge in [0.1, 0.15) is 6.04 Å². The Morgan fingerprint density at radius 3 is 2.60 bits per heavy atom. The van der Waals surface area contributed by atoms with E-state index < -0.39 is 18.0 Å². The molecule has 0 aromatic heterocycles. The smallest absolute Gasteiger partial charge is 0.326 e. The molecule has 116 valence electrons. The van der Waals surface area contributed by atoms with Gasteiger partial charge in [-0.2, -0.15) is 0 Å². The van der Waals surface area contributed by atoms with E-state index in [1.165, 1.54) is 26.4 Å². The Morgan fingerprint density at radius 2 is 2.00 bits per heavy atom. The Bertz CT molecular complexity index is 306. The maximum atomic E-state index is 11.6. The molecule has 1 atom stereocenters. The number of piperidine rings is 1. The highest BCUT2D eigenvalue weighted by molar-refractivity contribution is 5.82. The number of hydrogen-bond acceptors (Lipinski definition) is 4. The molecule has 0 bridgehead atoms. The van der Waals surface area contributed by atoms with E-state index in [4.69, 9.17) is 9.84 Å². The predicted octanol–water partition coefficient (Wildman–Crippen LogP) is 0.261. The van der Waals surface area contributed by atoms with Crippen molar-refractivity contribution in [1.82, 2.24) is 15.5 Å². The van der Waals surface area contributed by atoms with Crippen LogP contribution in [0.2, 0.25) is 0 Å². The minimum atomic E-state index is -1.05. The maximum Gasteiger partial charge on any atom is 0.326 e. The Hall–Kier alpha value is -1.34. The third-order valence-corrected chi connectivity index (χ3v) is 3.38. The molecule has 1 aliphatic rings. The predicted molar refractivity (Wildman–Crippen MR) is 74.7 cm³/mol. The molecular formula is C13H25N3O4. The first kappa shape index (κ1) is 16.7. The average molecular weight is 287 g/mol. The van der Waals surface area contributed by atoms with Gasteiger partial charge in [-0.25, -0.2) is 9.59 Å². The summed E-state index contributed by atoms with van der Waals surface area (Å²) in [4.78, 5) is 24.9. The van der Waals surface area contributed by atoms with Gasteiger partial charge < -0.3 is 25.4 Å². The van der Waals surface area contributed by atoms with Gasteiger partial charge in [0.05, 0.1) is 0 Å². The fraction of sp³-hybridized carbons (Fsp3) is 0.846. The van der Waals surface area contributed by atoms with Gasteiger partial charge in [0, 0.05) is 33.2 Å². The average Bonchev–Trinajstić information content (AvgIpc) is 2.44. The number of likely N-dealkylation sites (tertiary alicyclic amines) is 1. The maximum absolute atomic E-state index is 11.6. The summed E-state index contributed by atoms with van der Waals surface area (Å²) >= 11 is 0. The molecule has 0 aromatic rings. The van der Waals surface area contributed by atoms with Crippen LogP contribution in [0.15, 0.2) is 0 Å². The molecule has 0 spiro atoms. The van der Waals surface area contributed by atoms with E-state index in [-0.39, 0.29) is 6.42 Å². The SMILES string of the molecule is COCCC(NC(=O)NCCN1CCCCC1)C(=O)O. The van der Waals surface area contributed by atoms with E-state index in [0.717, 1.165) is 19.6 Å². The first-order valence-electron chi connectivity index (χ1n) is 7.12. The fourth-order valence-electron chi connectivity index (χ4n) is 2.21. The standard InChI is InChI=1S/C13H25N3O4/c1-20-10-5-11(12(17)18)15-13(19)14-6-9-16-7-3-2-4-8-16/h11H,2-10H2,1H3,(H,17,18)(H2,14,15,19). The first-order valence-corrected chi connectivity index (χ1v) is 7.12. The van der Waals surface area contributed by atoms with Crippen molar-refractivity contribution in [1.29, 1.82) is 0 Å². The molecule has 1 saturated heterocycles. The first-order chi connectivity index (χ1) is 9.63. The van der Waals surface area contributed by atoms with Crippen molar-refractivity contribution in [3.8, 4) is 0 Å².